The van der Waals surface area contributed by atoms with Gasteiger partial charge in [0.1, 0.15) is 0 Å². The minimum Gasteiger partial charge on any atom is -0.338 e. The lowest BCUT2D eigenvalue weighted by atomic mass is 9.94. The Morgan fingerprint density at radius 2 is 2.12 bits per heavy atom. The van der Waals surface area contributed by atoms with Crippen molar-refractivity contribution in [1.29, 1.82) is 0 Å². The van der Waals surface area contributed by atoms with Crippen molar-refractivity contribution in [1.82, 2.24) is 15.5 Å². The lowest BCUT2D eigenvalue weighted by Gasteiger charge is -2.26. The quantitative estimate of drug-likeness (QED) is 0.756. The van der Waals surface area contributed by atoms with E-state index in [4.69, 9.17) is 0 Å². The van der Waals surface area contributed by atoms with E-state index in [0.717, 1.165) is 18.4 Å². The van der Waals surface area contributed by atoms with Gasteiger partial charge in [-0.05, 0) is 18.4 Å². The number of hydrogen-bond acceptors (Lipinski definition) is 2. The Morgan fingerprint density at radius 3 is 2.75 bits per heavy atom. The summed E-state index contributed by atoms with van der Waals surface area (Å²) in [5.41, 5.74) is 1.11. The summed E-state index contributed by atoms with van der Waals surface area (Å²) >= 11 is 0. The minimum absolute atomic E-state index is 0.00847. The molecule has 1 fully saturated rings. The molecule has 130 valence electrons. The maximum absolute atomic E-state index is 12.1. The van der Waals surface area contributed by atoms with Crippen LogP contribution in [-0.2, 0) is 4.79 Å². The van der Waals surface area contributed by atoms with Gasteiger partial charge in [0.05, 0.1) is 6.04 Å². The SMILES string of the molecule is C=CC[C@H](CC)NC(=O)NC[C@@H]1CC(=O)N(C)[C@H]1c1ccccc1. The monoisotopic (exact) mass is 329 g/mol. The van der Waals surface area contributed by atoms with Gasteiger partial charge in [-0.2, -0.15) is 0 Å². The van der Waals surface area contributed by atoms with E-state index in [1.807, 2.05) is 50.4 Å². The fourth-order valence-electron chi connectivity index (χ4n) is 3.27. The molecule has 0 unspecified atom stereocenters. The molecular weight excluding hydrogens is 302 g/mol. The highest BCUT2D eigenvalue weighted by molar-refractivity contribution is 5.80. The number of nitrogens with zero attached hydrogens (tertiary/aromatic N) is 1. The minimum atomic E-state index is -0.183. The molecule has 24 heavy (non-hydrogen) atoms. The fourth-order valence-corrected chi connectivity index (χ4v) is 3.27. The van der Waals surface area contributed by atoms with Crippen molar-refractivity contribution in [3.8, 4) is 0 Å². The number of nitrogens with one attached hydrogen (secondary N) is 2. The van der Waals surface area contributed by atoms with E-state index in [0.29, 0.717) is 13.0 Å². The molecule has 1 heterocycles. The molecular formula is C19H27N3O2. The van der Waals surface area contributed by atoms with Crippen LogP contribution in [0, 0.1) is 5.92 Å². The van der Waals surface area contributed by atoms with E-state index < -0.39 is 0 Å². The lowest BCUT2D eigenvalue weighted by Crippen LogP contribution is -2.43. The first kappa shape index (κ1) is 18.0. The van der Waals surface area contributed by atoms with Crippen molar-refractivity contribution in [3.05, 3.63) is 48.6 Å². The number of amides is 3. The Hall–Kier alpha value is -2.30. The summed E-state index contributed by atoms with van der Waals surface area (Å²) < 4.78 is 0. The van der Waals surface area contributed by atoms with Gasteiger partial charge in [-0.1, -0.05) is 43.3 Å². The Kier molecular flexibility index (Phi) is 6.41. The second kappa shape index (κ2) is 8.52. The first-order chi connectivity index (χ1) is 11.6. The molecule has 0 aliphatic carbocycles. The normalized spacial score (nSPS) is 21.4. The first-order valence-electron chi connectivity index (χ1n) is 8.52. The molecule has 1 saturated heterocycles. The highest BCUT2D eigenvalue weighted by atomic mass is 16.2. The Morgan fingerprint density at radius 1 is 1.42 bits per heavy atom. The number of hydrogen-bond donors (Lipinski definition) is 2. The zero-order valence-electron chi connectivity index (χ0n) is 14.5. The third-order valence-corrected chi connectivity index (χ3v) is 4.64. The highest BCUT2D eigenvalue weighted by Gasteiger charge is 2.38. The van der Waals surface area contributed by atoms with Gasteiger partial charge in [0.15, 0.2) is 0 Å². The van der Waals surface area contributed by atoms with Gasteiger partial charge in [0, 0.05) is 32.0 Å². The summed E-state index contributed by atoms with van der Waals surface area (Å²) in [4.78, 5) is 26.0. The molecule has 3 atom stereocenters. The van der Waals surface area contributed by atoms with Crippen molar-refractivity contribution >= 4 is 11.9 Å². The van der Waals surface area contributed by atoms with Crippen molar-refractivity contribution < 1.29 is 9.59 Å². The standard InChI is InChI=1S/C19H27N3O2/c1-4-9-16(5-2)21-19(24)20-13-15-12-17(23)22(3)18(15)14-10-7-6-8-11-14/h4,6-8,10-11,15-16,18H,1,5,9,12-13H2,2-3H3,(H2,20,21,24)/t15-,16-,18-/m0/s1. The van der Waals surface area contributed by atoms with Gasteiger partial charge in [0.25, 0.3) is 0 Å². The second-order valence-corrected chi connectivity index (χ2v) is 6.31. The van der Waals surface area contributed by atoms with Crippen LogP contribution in [0.3, 0.4) is 0 Å². The Labute approximate surface area is 144 Å². The van der Waals surface area contributed by atoms with Gasteiger partial charge in [-0.25, -0.2) is 4.79 Å². The van der Waals surface area contributed by atoms with E-state index in [1.165, 1.54) is 0 Å². The second-order valence-electron chi connectivity index (χ2n) is 6.31. The zero-order chi connectivity index (χ0) is 17.5. The van der Waals surface area contributed by atoms with Gasteiger partial charge < -0.3 is 15.5 Å². The van der Waals surface area contributed by atoms with E-state index in [9.17, 15) is 9.59 Å². The average Bonchev–Trinajstić information content (AvgIpc) is 2.87. The Bertz CT molecular complexity index is 573. The topological polar surface area (TPSA) is 61.4 Å². The van der Waals surface area contributed by atoms with E-state index >= 15 is 0 Å². The number of benzene rings is 1. The van der Waals surface area contributed by atoms with Crippen LogP contribution >= 0.6 is 0 Å². The smallest absolute Gasteiger partial charge is 0.315 e. The molecule has 5 heteroatoms. The summed E-state index contributed by atoms with van der Waals surface area (Å²) in [7, 11) is 1.83. The van der Waals surface area contributed by atoms with Crippen LogP contribution in [0.5, 0.6) is 0 Å². The zero-order valence-corrected chi connectivity index (χ0v) is 14.5. The maximum Gasteiger partial charge on any atom is 0.315 e. The number of rotatable bonds is 7. The molecule has 5 nitrogen and oxygen atoms in total. The lowest BCUT2D eigenvalue weighted by molar-refractivity contribution is -0.127. The predicted molar refractivity (Wildman–Crippen MR) is 95.5 cm³/mol. The summed E-state index contributed by atoms with van der Waals surface area (Å²) in [6.45, 7) is 6.22. The molecule has 1 aromatic rings. The first-order valence-corrected chi connectivity index (χ1v) is 8.52. The fraction of sp³-hybridized carbons (Fsp3) is 0.474. The summed E-state index contributed by atoms with van der Waals surface area (Å²) in [5.74, 6) is 0.198. The number of carbonyl (C=O) groups excluding carboxylic acids is 2. The number of urea groups is 1. The van der Waals surface area contributed by atoms with Crippen molar-refractivity contribution in [2.75, 3.05) is 13.6 Å². The van der Waals surface area contributed by atoms with E-state index in [2.05, 4.69) is 17.2 Å². The van der Waals surface area contributed by atoms with E-state index in [-0.39, 0.29) is 29.9 Å². The third kappa shape index (κ3) is 4.37. The van der Waals surface area contributed by atoms with Crippen LogP contribution in [-0.4, -0.2) is 36.5 Å². The van der Waals surface area contributed by atoms with Crippen LogP contribution in [0.25, 0.3) is 0 Å². The summed E-state index contributed by atoms with van der Waals surface area (Å²) in [6.07, 6.45) is 3.88. The van der Waals surface area contributed by atoms with Crippen molar-refractivity contribution in [3.63, 3.8) is 0 Å². The molecule has 0 bridgehead atoms. The van der Waals surface area contributed by atoms with Gasteiger partial charge >= 0.3 is 6.03 Å². The molecule has 0 aromatic heterocycles. The molecule has 2 rings (SSSR count). The van der Waals surface area contributed by atoms with Gasteiger partial charge in [-0.3, -0.25) is 4.79 Å². The van der Waals surface area contributed by atoms with Crippen molar-refractivity contribution in [2.45, 2.75) is 38.3 Å². The van der Waals surface area contributed by atoms with Crippen LogP contribution in [0.1, 0.15) is 37.8 Å². The molecule has 3 amide bonds. The van der Waals surface area contributed by atoms with Crippen LogP contribution in [0.2, 0.25) is 0 Å². The average molecular weight is 329 g/mol. The van der Waals surface area contributed by atoms with Crippen LogP contribution in [0.15, 0.2) is 43.0 Å². The molecule has 1 aromatic carbocycles. The van der Waals surface area contributed by atoms with Crippen LogP contribution in [0.4, 0.5) is 4.79 Å². The van der Waals surface area contributed by atoms with Gasteiger partial charge in [-0.15, -0.1) is 6.58 Å². The summed E-state index contributed by atoms with van der Waals surface area (Å²) in [5, 5.41) is 5.87. The maximum atomic E-state index is 12.1. The molecule has 1 aliphatic heterocycles. The predicted octanol–water partition coefficient (Wildman–Crippen LogP) is 2.86. The molecule has 2 N–H and O–H groups in total. The molecule has 0 radical (unpaired) electrons. The number of likely N-dealkylation sites (tertiary alicyclic amines) is 1. The summed E-state index contributed by atoms with van der Waals surface area (Å²) in [6, 6.07) is 9.90. The number of carbonyl (C=O) groups is 2. The van der Waals surface area contributed by atoms with E-state index in [1.54, 1.807) is 4.90 Å². The van der Waals surface area contributed by atoms with Crippen molar-refractivity contribution in [2.24, 2.45) is 5.92 Å². The molecule has 0 spiro atoms. The molecule has 1 aliphatic rings. The third-order valence-electron chi connectivity index (χ3n) is 4.64. The largest absolute Gasteiger partial charge is 0.338 e. The highest BCUT2D eigenvalue weighted by Crippen LogP contribution is 2.36. The molecule has 0 saturated carbocycles. The van der Waals surface area contributed by atoms with Crippen LogP contribution < -0.4 is 10.6 Å². The Balaban J connectivity index is 1.96. The van der Waals surface area contributed by atoms with Gasteiger partial charge in [0.2, 0.25) is 5.91 Å².